The molecule has 18 heavy (non-hydrogen) atoms. The molecule has 1 aliphatic carbocycles. The van der Waals surface area contributed by atoms with Crippen LogP contribution in [0.5, 0.6) is 0 Å². The van der Waals surface area contributed by atoms with Crippen molar-refractivity contribution >= 4 is 11.9 Å². The number of nitrogens with zero attached hydrogens (tertiary/aromatic N) is 1. The quantitative estimate of drug-likeness (QED) is 0.847. The van der Waals surface area contributed by atoms with E-state index in [-0.39, 0.29) is 17.6 Å². The Morgan fingerprint density at radius 1 is 1.44 bits per heavy atom. The maximum atomic E-state index is 11.9. The van der Waals surface area contributed by atoms with E-state index in [9.17, 15) is 9.59 Å². The average molecular weight is 252 g/mol. The second kappa shape index (κ2) is 5.20. The maximum Gasteiger partial charge on any atom is 0.308 e. The summed E-state index contributed by atoms with van der Waals surface area (Å²) in [5.74, 6) is -1.17. The van der Waals surface area contributed by atoms with Gasteiger partial charge in [-0.05, 0) is 19.8 Å². The highest BCUT2D eigenvalue weighted by Crippen LogP contribution is 2.24. The number of carbonyl (C=O) groups is 2. The Labute approximate surface area is 104 Å². The molecule has 1 saturated carbocycles. The smallest absolute Gasteiger partial charge is 0.308 e. The van der Waals surface area contributed by atoms with Crippen LogP contribution < -0.4 is 5.32 Å². The number of aromatic nitrogens is 1. The Hall–Kier alpha value is -1.85. The van der Waals surface area contributed by atoms with E-state index >= 15 is 0 Å². The van der Waals surface area contributed by atoms with Gasteiger partial charge >= 0.3 is 5.97 Å². The van der Waals surface area contributed by atoms with Crippen LogP contribution in [0.3, 0.4) is 0 Å². The van der Waals surface area contributed by atoms with Crippen molar-refractivity contribution in [1.82, 2.24) is 10.5 Å². The van der Waals surface area contributed by atoms with Gasteiger partial charge in [0.25, 0.3) is 5.91 Å². The summed E-state index contributed by atoms with van der Waals surface area (Å²) in [4.78, 5) is 23.0. The number of nitrogens with one attached hydrogen (secondary N) is 1. The van der Waals surface area contributed by atoms with Gasteiger partial charge in [-0.3, -0.25) is 9.59 Å². The van der Waals surface area contributed by atoms with Crippen LogP contribution >= 0.6 is 0 Å². The van der Waals surface area contributed by atoms with Gasteiger partial charge in [0.1, 0.15) is 5.76 Å². The fraction of sp³-hybridized carbons (Fsp3) is 0.583. The van der Waals surface area contributed by atoms with Gasteiger partial charge in [0, 0.05) is 12.1 Å². The molecule has 1 aliphatic rings. The zero-order valence-electron chi connectivity index (χ0n) is 10.2. The van der Waals surface area contributed by atoms with E-state index in [0.29, 0.717) is 18.6 Å². The second-order valence-corrected chi connectivity index (χ2v) is 4.63. The van der Waals surface area contributed by atoms with E-state index in [1.54, 1.807) is 6.92 Å². The summed E-state index contributed by atoms with van der Waals surface area (Å²) in [7, 11) is 0. The molecular weight excluding hydrogens is 236 g/mol. The summed E-state index contributed by atoms with van der Waals surface area (Å²) < 4.78 is 4.82. The molecule has 6 heteroatoms. The lowest BCUT2D eigenvalue weighted by Crippen LogP contribution is -2.45. The molecule has 2 atom stereocenters. The number of aryl methyl sites for hydroxylation is 1. The Morgan fingerprint density at radius 3 is 2.78 bits per heavy atom. The van der Waals surface area contributed by atoms with Crippen molar-refractivity contribution in [1.29, 1.82) is 0 Å². The van der Waals surface area contributed by atoms with Crippen molar-refractivity contribution in [3.63, 3.8) is 0 Å². The predicted octanol–water partition coefficient (Wildman–Crippen LogP) is 1.36. The Balaban J connectivity index is 2.03. The molecule has 2 unspecified atom stereocenters. The van der Waals surface area contributed by atoms with Gasteiger partial charge in [0.05, 0.1) is 5.92 Å². The third kappa shape index (κ3) is 2.69. The SMILES string of the molecule is Cc1cc(C(=O)NC2CCCCC2C(=O)O)no1. The van der Waals surface area contributed by atoms with Crippen LogP contribution in [0.4, 0.5) is 0 Å². The zero-order chi connectivity index (χ0) is 13.1. The van der Waals surface area contributed by atoms with E-state index in [2.05, 4.69) is 10.5 Å². The topological polar surface area (TPSA) is 92.4 Å². The normalized spacial score (nSPS) is 23.6. The largest absolute Gasteiger partial charge is 0.481 e. The number of hydrogen-bond donors (Lipinski definition) is 2. The molecule has 0 aromatic carbocycles. The van der Waals surface area contributed by atoms with Crippen molar-refractivity contribution in [3.05, 3.63) is 17.5 Å². The Kier molecular flexibility index (Phi) is 3.64. The van der Waals surface area contributed by atoms with Gasteiger partial charge in [0.15, 0.2) is 5.69 Å². The first-order chi connectivity index (χ1) is 8.58. The molecule has 0 bridgehead atoms. The highest BCUT2D eigenvalue weighted by molar-refractivity contribution is 5.92. The van der Waals surface area contributed by atoms with Crippen LogP contribution in [-0.4, -0.2) is 28.2 Å². The number of carboxylic acid groups (broad SMARTS) is 1. The number of carboxylic acids is 1. The maximum absolute atomic E-state index is 11.9. The van der Waals surface area contributed by atoms with E-state index in [0.717, 1.165) is 12.8 Å². The van der Waals surface area contributed by atoms with E-state index < -0.39 is 11.9 Å². The highest BCUT2D eigenvalue weighted by atomic mass is 16.5. The van der Waals surface area contributed by atoms with Gasteiger partial charge < -0.3 is 14.9 Å². The van der Waals surface area contributed by atoms with E-state index in [1.165, 1.54) is 6.07 Å². The lowest BCUT2D eigenvalue weighted by Gasteiger charge is -2.28. The van der Waals surface area contributed by atoms with E-state index in [1.807, 2.05) is 0 Å². The van der Waals surface area contributed by atoms with Crippen molar-refractivity contribution in [2.75, 3.05) is 0 Å². The van der Waals surface area contributed by atoms with Gasteiger partial charge in [-0.25, -0.2) is 0 Å². The van der Waals surface area contributed by atoms with Crippen LogP contribution in [0.2, 0.25) is 0 Å². The summed E-state index contributed by atoms with van der Waals surface area (Å²) >= 11 is 0. The first kappa shape index (κ1) is 12.6. The summed E-state index contributed by atoms with van der Waals surface area (Å²) in [5.41, 5.74) is 0.196. The van der Waals surface area contributed by atoms with Crippen molar-refractivity contribution in [2.24, 2.45) is 5.92 Å². The molecule has 0 aliphatic heterocycles. The molecule has 1 aromatic rings. The third-order valence-electron chi connectivity index (χ3n) is 3.26. The molecule has 0 saturated heterocycles. The molecule has 6 nitrogen and oxygen atoms in total. The number of rotatable bonds is 3. The minimum atomic E-state index is -0.851. The summed E-state index contributed by atoms with van der Waals surface area (Å²) in [6.45, 7) is 1.70. The predicted molar refractivity (Wildman–Crippen MR) is 62.1 cm³/mol. The second-order valence-electron chi connectivity index (χ2n) is 4.63. The molecule has 1 heterocycles. The van der Waals surface area contributed by atoms with Gasteiger partial charge in [-0.2, -0.15) is 0 Å². The molecule has 1 amide bonds. The first-order valence-corrected chi connectivity index (χ1v) is 6.05. The van der Waals surface area contributed by atoms with Crippen molar-refractivity contribution in [2.45, 2.75) is 38.6 Å². The Morgan fingerprint density at radius 2 is 2.17 bits per heavy atom. The van der Waals surface area contributed by atoms with Crippen molar-refractivity contribution in [3.8, 4) is 0 Å². The molecule has 0 radical (unpaired) electrons. The molecule has 1 fully saturated rings. The first-order valence-electron chi connectivity index (χ1n) is 6.05. The molecule has 98 valence electrons. The standard InChI is InChI=1S/C12H16N2O4/c1-7-6-10(14-18-7)11(15)13-9-5-3-2-4-8(9)12(16)17/h6,8-9H,2-5H2,1H3,(H,13,15)(H,16,17). The number of hydrogen-bond acceptors (Lipinski definition) is 4. The Bertz CT molecular complexity index is 455. The fourth-order valence-electron chi connectivity index (χ4n) is 2.31. The van der Waals surface area contributed by atoms with Crippen molar-refractivity contribution < 1.29 is 19.2 Å². The zero-order valence-corrected chi connectivity index (χ0v) is 10.2. The minimum absolute atomic E-state index is 0.196. The molecule has 2 rings (SSSR count). The summed E-state index contributed by atoms with van der Waals surface area (Å²) in [6.07, 6.45) is 3.14. The number of amides is 1. The molecule has 1 aromatic heterocycles. The number of carbonyl (C=O) groups excluding carboxylic acids is 1. The van der Waals surface area contributed by atoms with Gasteiger partial charge in [0.2, 0.25) is 0 Å². The minimum Gasteiger partial charge on any atom is -0.481 e. The van der Waals surface area contributed by atoms with Crippen LogP contribution in [0.15, 0.2) is 10.6 Å². The lowest BCUT2D eigenvalue weighted by atomic mass is 9.84. The third-order valence-corrected chi connectivity index (χ3v) is 3.26. The van der Waals surface area contributed by atoms with Crippen LogP contribution in [0, 0.1) is 12.8 Å². The molecular formula is C12H16N2O4. The summed E-state index contributed by atoms with van der Waals surface area (Å²) in [5, 5.41) is 15.5. The van der Waals surface area contributed by atoms with Crippen LogP contribution in [0.1, 0.15) is 41.9 Å². The fourth-order valence-corrected chi connectivity index (χ4v) is 2.31. The molecule has 0 spiro atoms. The van der Waals surface area contributed by atoms with E-state index in [4.69, 9.17) is 9.63 Å². The highest BCUT2D eigenvalue weighted by Gasteiger charge is 2.32. The van der Waals surface area contributed by atoms with Crippen LogP contribution in [-0.2, 0) is 4.79 Å². The van der Waals surface area contributed by atoms with Crippen LogP contribution in [0.25, 0.3) is 0 Å². The average Bonchev–Trinajstić information content (AvgIpc) is 2.76. The van der Waals surface area contributed by atoms with Gasteiger partial charge in [-0.15, -0.1) is 0 Å². The monoisotopic (exact) mass is 252 g/mol. The molecule has 2 N–H and O–H groups in total. The lowest BCUT2D eigenvalue weighted by molar-refractivity contribution is -0.143. The summed E-state index contributed by atoms with van der Waals surface area (Å²) in [6, 6.07) is 1.22. The van der Waals surface area contributed by atoms with Gasteiger partial charge in [-0.1, -0.05) is 18.0 Å². The number of aliphatic carboxylic acids is 1.